The Morgan fingerprint density at radius 2 is 2.00 bits per heavy atom. The molecule has 0 radical (unpaired) electrons. The lowest BCUT2D eigenvalue weighted by molar-refractivity contribution is 0.474. The predicted octanol–water partition coefficient (Wildman–Crippen LogP) is 3.94. The van der Waals surface area contributed by atoms with Crippen LogP contribution in [-0.4, -0.2) is 9.36 Å². The molecule has 2 aromatic rings. The standard InChI is InChI=1S/C13H16N2OS/c1-9-14-12(17-15-9)16-11-7-5-6-10(8-11)13(2,3)4/h5-8H,1-4H3. The highest BCUT2D eigenvalue weighted by molar-refractivity contribution is 7.07. The van der Waals surface area contributed by atoms with E-state index in [0.717, 1.165) is 11.6 Å². The molecule has 0 unspecified atom stereocenters. The van der Waals surface area contributed by atoms with E-state index >= 15 is 0 Å². The normalized spacial score (nSPS) is 11.5. The molecule has 0 spiro atoms. The summed E-state index contributed by atoms with van der Waals surface area (Å²) >= 11 is 1.27. The molecule has 0 N–H and O–H groups in total. The quantitative estimate of drug-likeness (QED) is 0.807. The summed E-state index contributed by atoms with van der Waals surface area (Å²) in [5.74, 6) is 1.56. The number of benzene rings is 1. The van der Waals surface area contributed by atoms with E-state index < -0.39 is 0 Å². The van der Waals surface area contributed by atoms with E-state index in [0.29, 0.717) is 5.19 Å². The summed E-state index contributed by atoms with van der Waals surface area (Å²) in [4.78, 5) is 4.18. The van der Waals surface area contributed by atoms with Gasteiger partial charge in [-0.25, -0.2) is 0 Å². The molecule has 1 heterocycles. The van der Waals surface area contributed by atoms with Crippen molar-refractivity contribution in [1.29, 1.82) is 0 Å². The topological polar surface area (TPSA) is 35.0 Å². The van der Waals surface area contributed by atoms with E-state index in [1.54, 1.807) is 0 Å². The number of aromatic nitrogens is 2. The average Bonchev–Trinajstić information content (AvgIpc) is 2.63. The molecular weight excluding hydrogens is 232 g/mol. The molecule has 17 heavy (non-hydrogen) atoms. The third-order valence-corrected chi connectivity index (χ3v) is 3.10. The summed E-state index contributed by atoms with van der Waals surface area (Å²) in [6.07, 6.45) is 0. The van der Waals surface area contributed by atoms with Gasteiger partial charge in [-0.05, 0) is 30.0 Å². The summed E-state index contributed by atoms with van der Waals surface area (Å²) in [5.41, 5.74) is 1.37. The second-order valence-corrected chi connectivity index (χ2v) is 5.70. The van der Waals surface area contributed by atoms with Crippen LogP contribution in [-0.2, 0) is 5.41 Å². The van der Waals surface area contributed by atoms with Crippen molar-refractivity contribution < 1.29 is 4.74 Å². The molecule has 0 aliphatic rings. The summed E-state index contributed by atoms with van der Waals surface area (Å²) in [6.45, 7) is 8.40. The molecule has 0 amide bonds. The van der Waals surface area contributed by atoms with Crippen molar-refractivity contribution in [2.45, 2.75) is 33.1 Å². The van der Waals surface area contributed by atoms with Crippen LogP contribution in [0.5, 0.6) is 10.9 Å². The van der Waals surface area contributed by atoms with Crippen molar-refractivity contribution in [3.8, 4) is 10.9 Å². The van der Waals surface area contributed by atoms with Gasteiger partial charge >= 0.3 is 0 Å². The third kappa shape index (κ3) is 3.03. The predicted molar refractivity (Wildman–Crippen MR) is 69.9 cm³/mol. The minimum atomic E-state index is 0.121. The minimum absolute atomic E-state index is 0.121. The lowest BCUT2D eigenvalue weighted by Crippen LogP contribution is -2.10. The Morgan fingerprint density at radius 3 is 2.59 bits per heavy atom. The van der Waals surface area contributed by atoms with Gasteiger partial charge in [-0.15, -0.1) is 0 Å². The Labute approximate surface area is 106 Å². The van der Waals surface area contributed by atoms with Crippen molar-refractivity contribution in [3.63, 3.8) is 0 Å². The van der Waals surface area contributed by atoms with Crippen LogP contribution in [0, 0.1) is 6.92 Å². The first-order chi connectivity index (χ1) is 7.95. The molecule has 1 aromatic carbocycles. The molecule has 90 valence electrons. The molecule has 0 atom stereocenters. The fourth-order valence-corrected chi connectivity index (χ4v) is 2.00. The Balaban J connectivity index is 2.22. The van der Waals surface area contributed by atoms with Crippen LogP contribution in [0.1, 0.15) is 32.2 Å². The Morgan fingerprint density at radius 1 is 1.24 bits per heavy atom. The number of hydrogen-bond donors (Lipinski definition) is 0. The molecule has 0 aliphatic carbocycles. The number of nitrogens with zero attached hydrogens (tertiary/aromatic N) is 2. The van der Waals surface area contributed by atoms with Gasteiger partial charge in [0.25, 0.3) is 5.19 Å². The van der Waals surface area contributed by atoms with Crippen LogP contribution in [0.2, 0.25) is 0 Å². The van der Waals surface area contributed by atoms with E-state index in [2.05, 4.69) is 42.3 Å². The maximum absolute atomic E-state index is 5.68. The first-order valence-electron chi connectivity index (χ1n) is 5.54. The van der Waals surface area contributed by atoms with Crippen LogP contribution < -0.4 is 4.74 Å². The molecule has 0 aliphatic heterocycles. The highest BCUT2D eigenvalue weighted by Crippen LogP contribution is 2.28. The van der Waals surface area contributed by atoms with Crippen LogP contribution in [0.3, 0.4) is 0 Å². The number of ether oxygens (including phenoxy) is 1. The van der Waals surface area contributed by atoms with Crippen molar-refractivity contribution >= 4 is 11.5 Å². The average molecular weight is 248 g/mol. The van der Waals surface area contributed by atoms with Crippen LogP contribution >= 0.6 is 11.5 Å². The number of rotatable bonds is 2. The molecular formula is C13H16N2OS. The summed E-state index contributed by atoms with van der Waals surface area (Å²) in [7, 11) is 0. The molecule has 3 nitrogen and oxygen atoms in total. The largest absolute Gasteiger partial charge is 0.430 e. The van der Waals surface area contributed by atoms with Crippen molar-refractivity contribution in [2.24, 2.45) is 0 Å². The zero-order valence-corrected chi connectivity index (χ0v) is 11.3. The maximum Gasteiger partial charge on any atom is 0.298 e. The Kier molecular flexibility index (Phi) is 3.15. The monoisotopic (exact) mass is 248 g/mol. The number of hydrogen-bond acceptors (Lipinski definition) is 4. The lowest BCUT2D eigenvalue weighted by Gasteiger charge is -2.19. The van der Waals surface area contributed by atoms with Crippen molar-refractivity contribution in [3.05, 3.63) is 35.7 Å². The zero-order valence-electron chi connectivity index (χ0n) is 10.5. The molecule has 0 bridgehead atoms. The van der Waals surface area contributed by atoms with Gasteiger partial charge in [-0.3, -0.25) is 0 Å². The SMILES string of the molecule is Cc1nsc(Oc2cccc(C(C)(C)C)c2)n1. The Bertz CT molecular complexity index is 514. The highest BCUT2D eigenvalue weighted by Gasteiger charge is 2.14. The Hall–Kier alpha value is -1.42. The van der Waals surface area contributed by atoms with E-state index in [9.17, 15) is 0 Å². The van der Waals surface area contributed by atoms with E-state index in [-0.39, 0.29) is 5.41 Å². The van der Waals surface area contributed by atoms with Crippen molar-refractivity contribution in [1.82, 2.24) is 9.36 Å². The van der Waals surface area contributed by atoms with E-state index in [1.807, 2.05) is 19.1 Å². The molecule has 0 saturated heterocycles. The second-order valence-electron chi connectivity index (χ2n) is 4.99. The summed E-state index contributed by atoms with van der Waals surface area (Å²) in [5, 5.41) is 0.591. The molecule has 0 fully saturated rings. The highest BCUT2D eigenvalue weighted by atomic mass is 32.1. The van der Waals surface area contributed by atoms with Crippen LogP contribution in [0.15, 0.2) is 24.3 Å². The van der Waals surface area contributed by atoms with Gasteiger partial charge in [-0.1, -0.05) is 32.9 Å². The summed E-state index contributed by atoms with van der Waals surface area (Å²) < 4.78 is 9.77. The van der Waals surface area contributed by atoms with Gasteiger partial charge in [0.1, 0.15) is 11.6 Å². The van der Waals surface area contributed by atoms with Crippen LogP contribution in [0.25, 0.3) is 0 Å². The maximum atomic E-state index is 5.68. The smallest absolute Gasteiger partial charge is 0.298 e. The minimum Gasteiger partial charge on any atom is -0.430 e. The van der Waals surface area contributed by atoms with Gasteiger partial charge in [0.05, 0.1) is 0 Å². The number of aryl methyl sites for hydroxylation is 1. The van der Waals surface area contributed by atoms with E-state index in [1.165, 1.54) is 17.1 Å². The van der Waals surface area contributed by atoms with Gasteiger partial charge in [-0.2, -0.15) is 9.36 Å². The molecule has 2 rings (SSSR count). The lowest BCUT2D eigenvalue weighted by atomic mass is 9.87. The zero-order chi connectivity index (χ0) is 12.5. The molecule has 4 heteroatoms. The van der Waals surface area contributed by atoms with Gasteiger partial charge in [0.15, 0.2) is 0 Å². The van der Waals surface area contributed by atoms with Gasteiger partial charge in [0.2, 0.25) is 0 Å². The van der Waals surface area contributed by atoms with Crippen LogP contribution in [0.4, 0.5) is 0 Å². The fourth-order valence-electron chi connectivity index (χ4n) is 1.45. The second kappa shape index (κ2) is 4.45. The molecule has 1 aromatic heterocycles. The summed E-state index contributed by atoms with van der Waals surface area (Å²) in [6, 6.07) is 8.10. The van der Waals surface area contributed by atoms with E-state index in [4.69, 9.17) is 4.74 Å². The molecule has 0 saturated carbocycles. The first-order valence-corrected chi connectivity index (χ1v) is 6.31. The van der Waals surface area contributed by atoms with Gasteiger partial charge < -0.3 is 4.74 Å². The van der Waals surface area contributed by atoms with Gasteiger partial charge in [0, 0.05) is 11.5 Å². The third-order valence-electron chi connectivity index (χ3n) is 2.41. The first kappa shape index (κ1) is 12.0. The fraction of sp³-hybridized carbons (Fsp3) is 0.385. The van der Waals surface area contributed by atoms with Crippen molar-refractivity contribution in [2.75, 3.05) is 0 Å².